The smallest absolute Gasteiger partial charge is 0.335 e. The van der Waals surface area contributed by atoms with Crippen LogP contribution in [0.2, 0.25) is 0 Å². The number of carbonyl (C=O) groups is 1. The molecule has 2 aromatic carbocycles. The van der Waals surface area contributed by atoms with Gasteiger partial charge < -0.3 is 14.4 Å². The van der Waals surface area contributed by atoms with Crippen molar-refractivity contribution in [3.8, 4) is 11.8 Å². The summed E-state index contributed by atoms with van der Waals surface area (Å²) in [6, 6.07) is 9.90. The second-order valence-corrected chi connectivity index (χ2v) is 10.2. The minimum absolute atomic E-state index is 0.167. The molecule has 1 saturated carbocycles. The zero-order valence-electron chi connectivity index (χ0n) is 20.2. The van der Waals surface area contributed by atoms with Gasteiger partial charge in [0.15, 0.2) is 17.2 Å². The number of aromatic nitrogens is 3. The van der Waals surface area contributed by atoms with E-state index in [9.17, 15) is 23.9 Å². The van der Waals surface area contributed by atoms with Gasteiger partial charge in [0, 0.05) is 47.2 Å². The summed E-state index contributed by atoms with van der Waals surface area (Å²) in [5.74, 6) is -3.13. The molecule has 0 unspecified atom stereocenters. The summed E-state index contributed by atoms with van der Waals surface area (Å²) in [6.07, 6.45) is 3.01. The zero-order chi connectivity index (χ0) is 25.8. The lowest BCUT2D eigenvalue weighted by atomic mass is 9.79. The monoisotopic (exact) mass is 492 g/mol. The number of rotatable bonds is 6. The number of methoxy groups -OCH3 is 1. The zero-order valence-corrected chi connectivity index (χ0v) is 20.2. The fourth-order valence-electron chi connectivity index (χ4n) is 5.73. The van der Waals surface area contributed by atoms with E-state index in [1.165, 1.54) is 13.2 Å². The molecule has 7 nitrogen and oxygen atoms in total. The lowest BCUT2D eigenvalue weighted by Gasteiger charge is -2.29. The molecule has 0 spiro atoms. The number of hydrogen-bond acceptors (Lipinski definition) is 4. The molecule has 9 heteroatoms. The van der Waals surface area contributed by atoms with Gasteiger partial charge in [0.1, 0.15) is 0 Å². The normalized spacial score (nSPS) is 20.3. The number of aliphatic carboxylic acids is 1. The van der Waals surface area contributed by atoms with Gasteiger partial charge in [-0.15, -0.1) is 0 Å². The van der Waals surface area contributed by atoms with Crippen LogP contribution in [0.3, 0.4) is 0 Å². The number of nitrogens with zero attached hydrogens (tertiary/aromatic N) is 3. The SMILES string of the molecule is CO[C@@]1(C(=O)O)CC[C@@H](c2c(C(C)(C)CC#N)n(-c3ccc(F)c(F)c3)c3cc4cn[nH]c4cc23)C1. The highest BCUT2D eigenvalue weighted by atomic mass is 19.2. The number of nitriles is 1. The Labute approximate surface area is 206 Å². The fourth-order valence-corrected chi connectivity index (χ4v) is 5.73. The Kier molecular flexibility index (Phi) is 5.60. The van der Waals surface area contributed by atoms with E-state index in [1.807, 2.05) is 30.5 Å². The van der Waals surface area contributed by atoms with Crippen LogP contribution in [0, 0.1) is 23.0 Å². The van der Waals surface area contributed by atoms with Crippen LogP contribution in [0.5, 0.6) is 0 Å². The largest absolute Gasteiger partial charge is 0.479 e. The molecule has 1 aliphatic carbocycles. The molecule has 2 heterocycles. The number of carboxylic acid groups (broad SMARTS) is 1. The van der Waals surface area contributed by atoms with Crippen LogP contribution in [-0.4, -0.2) is 38.6 Å². The van der Waals surface area contributed by atoms with E-state index in [2.05, 4.69) is 16.3 Å². The molecule has 2 aromatic heterocycles. The van der Waals surface area contributed by atoms with Crippen LogP contribution < -0.4 is 0 Å². The van der Waals surface area contributed by atoms with Gasteiger partial charge in [0.05, 0.1) is 23.3 Å². The van der Waals surface area contributed by atoms with Gasteiger partial charge in [-0.25, -0.2) is 13.6 Å². The lowest BCUT2D eigenvalue weighted by molar-refractivity contribution is -0.161. The van der Waals surface area contributed by atoms with E-state index in [4.69, 9.17) is 4.74 Å². The van der Waals surface area contributed by atoms with Crippen molar-refractivity contribution in [1.82, 2.24) is 14.8 Å². The number of carboxylic acids is 1. The average Bonchev–Trinajstić information content (AvgIpc) is 3.55. The van der Waals surface area contributed by atoms with Crippen molar-refractivity contribution < 1.29 is 23.4 Å². The average molecular weight is 493 g/mol. The van der Waals surface area contributed by atoms with Gasteiger partial charge in [0.25, 0.3) is 0 Å². The summed E-state index contributed by atoms with van der Waals surface area (Å²) in [5, 5.41) is 28.4. The van der Waals surface area contributed by atoms with Gasteiger partial charge in [0.2, 0.25) is 0 Å². The number of aromatic amines is 1. The maximum absolute atomic E-state index is 14.5. The molecule has 4 aromatic rings. The molecule has 1 aliphatic rings. The third-order valence-corrected chi connectivity index (χ3v) is 7.55. The minimum atomic E-state index is -1.31. The van der Waals surface area contributed by atoms with E-state index >= 15 is 0 Å². The first-order valence-corrected chi connectivity index (χ1v) is 11.7. The second-order valence-electron chi connectivity index (χ2n) is 10.2. The number of ether oxygens (including phenoxy) is 1. The molecule has 0 radical (unpaired) electrons. The van der Waals surface area contributed by atoms with E-state index in [0.717, 1.165) is 45.2 Å². The molecule has 5 rings (SSSR count). The molecule has 36 heavy (non-hydrogen) atoms. The van der Waals surface area contributed by atoms with Crippen molar-refractivity contribution >= 4 is 27.8 Å². The Hall–Kier alpha value is -3.77. The molecule has 186 valence electrons. The van der Waals surface area contributed by atoms with Crippen LogP contribution in [0.25, 0.3) is 27.5 Å². The summed E-state index contributed by atoms with van der Waals surface area (Å²) in [5.41, 5.74) is 1.63. The highest BCUT2D eigenvalue weighted by Crippen LogP contribution is 2.50. The van der Waals surface area contributed by atoms with E-state index < -0.39 is 28.6 Å². The number of fused-ring (bicyclic) bond motifs is 2. The Morgan fingerprint density at radius 2 is 2.11 bits per heavy atom. The van der Waals surface area contributed by atoms with Gasteiger partial charge in [-0.2, -0.15) is 10.4 Å². The number of H-pyrrole nitrogens is 1. The van der Waals surface area contributed by atoms with Crippen molar-refractivity contribution in [3.63, 3.8) is 0 Å². The Morgan fingerprint density at radius 3 is 2.75 bits per heavy atom. The summed E-state index contributed by atoms with van der Waals surface area (Å²) in [6.45, 7) is 3.88. The van der Waals surface area contributed by atoms with Crippen LogP contribution in [0.4, 0.5) is 8.78 Å². The fraction of sp³-hybridized carbons (Fsp3) is 0.370. The summed E-state index contributed by atoms with van der Waals surface area (Å²) in [4.78, 5) is 12.2. The maximum atomic E-state index is 14.5. The van der Waals surface area contributed by atoms with Crippen LogP contribution in [-0.2, 0) is 14.9 Å². The predicted molar refractivity (Wildman–Crippen MR) is 130 cm³/mol. The van der Waals surface area contributed by atoms with Crippen molar-refractivity contribution in [2.45, 2.75) is 56.5 Å². The Morgan fingerprint density at radius 1 is 1.33 bits per heavy atom. The third kappa shape index (κ3) is 3.56. The maximum Gasteiger partial charge on any atom is 0.335 e. The number of halogens is 2. The first-order valence-electron chi connectivity index (χ1n) is 11.7. The number of benzene rings is 2. The molecule has 0 saturated heterocycles. The van der Waals surface area contributed by atoms with Crippen molar-refractivity contribution in [1.29, 1.82) is 5.26 Å². The summed E-state index contributed by atoms with van der Waals surface area (Å²) >= 11 is 0. The standard InChI is InChI=1S/C27H26F2N4O3/c1-26(2,8-9-30)24-23(15-6-7-27(13-15,36-3)25(34)35)18-12-21-16(14-31-32-21)10-22(18)33(24)17-4-5-19(28)20(29)11-17/h4-5,10-12,14-15H,6-8,13H2,1-3H3,(H,31,32)(H,34,35)/t15-,27+/m1/s1. The molecule has 2 atom stereocenters. The summed E-state index contributed by atoms with van der Waals surface area (Å²) in [7, 11) is 1.41. The topological polar surface area (TPSA) is 104 Å². The Bertz CT molecular complexity index is 1550. The first-order chi connectivity index (χ1) is 17.1. The molecule has 0 bridgehead atoms. The van der Waals surface area contributed by atoms with Gasteiger partial charge in [-0.1, -0.05) is 13.8 Å². The third-order valence-electron chi connectivity index (χ3n) is 7.55. The molecule has 1 fully saturated rings. The highest BCUT2D eigenvalue weighted by molar-refractivity contribution is 5.99. The number of hydrogen-bond donors (Lipinski definition) is 2. The summed E-state index contributed by atoms with van der Waals surface area (Å²) < 4.78 is 35.7. The first kappa shape index (κ1) is 23.9. The molecule has 2 N–H and O–H groups in total. The van der Waals surface area contributed by atoms with Gasteiger partial charge >= 0.3 is 5.97 Å². The van der Waals surface area contributed by atoms with Gasteiger partial charge in [-0.3, -0.25) is 5.10 Å². The van der Waals surface area contributed by atoms with Crippen molar-refractivity contribution in [2.75, 3.05) is 7.11 Å². The van der Waals surface area contributed by atoms with Crippen LogP contribution in [0.1, 0.15) is 56.7 Å². The van der Waals surface area contributed by atoms with Crippen LogP contribution >= 0.6 is 0 Å². The molecule has 0 amide bonds. The van der Waals surface area contributed by atoms with Crippen LogP contribution in [0.15, 0.2) is 36.5 Å². The minimum Gasteiger partial charge on any atom is -0.479 e. The lowest BCUT2D eigenvalue weighted by Crippen LogP contribution is -2.37. The van der Waals surface area contributed by atoms with E-state index in [0.29, 0.717) is 18.5 Å². The van der Waals surface area contributed by atoms with Gasteiger partial charge in [-0.05, 0) is 55.0 Å². The highest BCUT2D eigenvalue weighted by Gasteiger charge is 2.48. The van der Waals surface area contributed by atoms with Crippen molar-refractivity contribution in [3.05, 3.63) is 59.4 Å². The molecule has 0 aliphatic heterocycles. The predicted octanol–water partition coefficient (Wildman–Crippen LogP) is 5.71. The molecular weight excluding hydrogens is 466 g/mol. The van der Waals surface area contributed by atoms with Crippen molar-refractivity contribution in [2.24, 2.45) is 0 Å². The number of nitrogens with one attached hydrogen (secondary N) is 1. The quantitative estimate of drug-likeness (QED) is 0.359. The van der Waals surface area contributed by atoms with E-state index in [1.54, 1.807) is 6.20 Å². The Balaban J connectivity index is 1.88. The molecular formula is C27H26F2N4O3. The second kappa shape index (κ2) is 8.42. The van der Waals surface area contributed by atoms with E-state index in [-0.39, 0.29) is 18.8 Å².